The van der Waals surface area contributed by atoms with Gasteiger partial charge in [-0.2, -0.15) is 0 Å². The molecule has 0 aromatic carbocycles. The lowest BCUT2D eigenvalue weighted by molar-refractivity contribution is -0.0194. The van der Waals surface area contributed by atoms with Crippen molar-refractivity contribution in [1.82, 2.24) is 0 Å². The zero-order chi connectivity index (χ0) is 14.2. The highest BCUT2D eigenvalue weighted by Crippen LogP contribution is 2.11. The predicted octanol–water partition coefficient (Wildman–Crippen LogP) is 2.78. The topological polar surface area (TPSA) is 47.9 Å². The van der Waals surface area contributed by atoms with Crippen LogP contribution < -0.4 is 0 Å². The fourth-order valence-electron chi connectivity index (χ4n) is 1.92. The highest BCUT2D eigenvalue weighted by molar-refractivity contribution is 4.57. The van der Waals surface area contributed by atoms with Crippen LogP contribution in [-0.4, -0.2) is 50.9 Å². The summed E-state index contributed by atoms with van der Waals surface area (Å²) in [6, 6.07) is 0. The van der Waals surface area contributed by atoms with Gasteiger partial charge in [-0.05, 0) is 12.8 Å². The van der Waals surface area contributed by atoms with E-state index in [1.807, 2.05) is 0 Å². The predicted molar refractivity (Wildman–Crippen MR) is 77.5 cm³/mol. The zero-order valence-electron chi connectivity index (χ0n) is 12.7. The summed E-state index contributed by atoms with van der Waals surface area (Å²) in [5.74, 6) is 0. The van der Waals surface area contributed by atoms with Crippen LogP contribution in [0.3, 0.4) is 0 Å². The zero-order valence-corrected chi connectivity index (χ0v) is 12.7. The molecule has 116 valence electrons. The van der Waals surface area contributed by atoms with E-state index in [0.29, 0.717) is 39.1 Å². The summed E-state index contributed by atoms with van der Waals surface area (Å²) in [5, 5.41) is 8.52. The first-order valence-corrected chi connectivity index (χ1v) is 7.73. The van der Waals surface area contributed by atoms with Gasteiger partial charge in [0.1, 0.15) is 0 Å². The average Bonchev–Trinajstić information content (AvgIpc) is 2.42. The SMILES string of the molecule is CCCCCC(CCC)OCCOCCOCCO. The quantitative estimate of drug-likeness (QED) is 0.467. The second-order valence-corrected chi connectivity index (χ2v) is 4.73. The summed E-state index contributed by atoms with van der Waals surface area (Å²) < 4.78 is 16.4. The van der Waals surface area contributed by atoms with Crippen LogP contribution >= 0.6 is 0 Å². The molecule has 0 aliphatic rings. The fourth-order valence-corrected chi connectivity index (χ4v) is 1.92. The van der Waals surface area contributed by atoms with E-state index >= 15 is 0 Å². The van der Waals surface area contributed by atoms with E-state index in [1.54, 1.807) is 0 Å². The molecule has 0 aromatic rings. The average molecular weight is 276 g/mol. The van der Waals surface area contributed by atoms with E-state index in [-0.39, 0.29) is 6.61 Å². The maximum Gasteiger partial charge on any atom is 0.0704 e. The molecule has 0 rings (SSSR count). The number of rotatable bonds is 15. The van der Waals surface area contributed by atoms with E-state index in [1.165, 1.54) is 32.1 Å². The van der Waals surface area contributed by atoms with E-state index < -0.39 is 0 Å². The number of unbranched alkanes of at least 4 members (excludes halogenated alkanes) is 2. The highest BCUT2D eigenvalue weighted by atomic mass is 16.5. The van der Waals surface area contributed by atoms with Gasteiger partial charge < -0.3 is 19.3 Å². The molecular weight excluding hydrogens is 244 g/mol. The molecule has 19 heavy (non-hydrogen) atoms. The molecular formula is C15H32O4. The largest absolute Gasteiger partial charge is 0.394 e. The second-order valence-electron chi connectivity index (χ2n) is 4.73. The van der Waals surface area contributed by atoms with Crippen molar-refractivity contribution in [3.8, 4) is 0 Å². The molecule has 0 radical (unpaired) electrons. The Morgan fingerprint density at radius 1 is 0.789 bits per heavy atom. The Bertz CT molecular complexity index is 164. The first kappa shape index (κ1) is 18.8. The fraction of sp³-hybridized carbons (Fsp3) is 1.00. The molecule has 0 bridgehead atoms. The van der Waals surface area contributed by atoms with Crippen molar-refractivity contribution in [3.05, 3.63) is 0 Å². The van der Waals surface area contributed by atoms with Crippen molar-refractivity contribution in [2.24, 2.45) is 0 Å². The number of aliphatic hydroxyl groups excluding tert-OH is 1. The standard InChI is InChI=1S/C15H32O4/c1-3-5-6-8-15(7-4-2)19-14-13-18-12-11-17-10-9-16/h15-16H,3-14H2,1-2H3. The van der Waals surface area contributed by atoms with Crippen LogP contribution in [0.15, 0.2) is 0 Å². The molecule has 0 heterocycles. The minimum absolute atomic E-state index is 0.0690. The van der Waals surface area contributed by atoms with Gasteiger partial charge in [-0.25, -0.2) is 0 Å². The van der Waals surface area contributed by atoms with Crippen LogP contribution in [0.4, 0.5) is 0 Å². The minimum Gasteiger partial charge on any atom is -0.394 e. The molecule has 1 N–H and O–H groups in total. The van der Waals surface area contributed by atoms with Crippen molar-refractivity contribution in [3.63, 3.8) is 0 Å². The van der Waals surface area contributed by atoms with E-state index in [2.05, 4.69) is 13.8 Å². The highest BCUT2D eigenvalue weighted by Gasteiger charge is 2.07. The van der Waals surface area contributed by atoms with Crippen molar-refractivity contribution >= 4 is 0 Å². The summed E-state index contributed by atoms with van der Waals surface area (Å²) in [5.41, 5.74) is 0. The van der Waals surface area contributed by atoms with E-state index in [4.69, 9.17) is 19.3 Å². The Kier molecular flexibility index (Phi) is 15.8. The normalized spacial score (nSPS) is 12.8. The summed E-state index contributed by atoms with van der Waals surface area (Å²) in [4.78, 5) is 0. The smallest absolute Gasteiger partial charge is 0.0704 e. The molecule has 0 saturated heterocycles. The van der Waals surface area contributed by atoms with Crippen LogP contribution in [0.1, 0.15) is 52.4 Å². The van der Waals surface area contributed by atoms with Crippen molar-refractivity contribution < 1.29 is 19.3 Å². The molecule has 4 heteroatoms. The van der Waals surface area contributed by atoms with E-state index in [9.17, 15) is 0 Å². The summed E-state index contributed by atoms with van der Waals surface area (Å²) in [7, 11) is 0. The molecule has 0 aliphatic carbocycles. The molecule has 0 aliphatic heterocycles. The molecule has 0 aromatic heterocycles. The third-order valence-electron chi connectivity index (χ3n) is 2.93. The first-order valence-electron chi connectivity index (χ1n) is 7.73. The Balaban J connectivity index is 3.36. The third kappa shape index (κ3) is 14.1. The van der Waals surface area contributed by atoms with Crippen LogP contribution in [-0.2, 0) is 14.2 Å². The molecule has 1 unspecified atom stereocenters. The van der Waals surface area contributed by atoms with Gasteiger partial charge in [0.15, 0.2) is 0 Å². The van der Waals surface area contributed by atoms with Crippen LogP contribution in [0.2, 0.25) is 0 Å². The Hall–Kier alpha value is -0.160. The Morgan fingerprint density at radius 2 is 1.47 bits per heavy atom. The van der Waals surface area contributed by atoms with Gasteiger partial charge in [-0.15, -0.1) is 0 Å². The molecule has 0 saturated carbocycles. The van der Waals surface area contributed by atoms with Gasteiger partial charge in [0, 0.05) is 0 Å². The molecule has 1 atom stereocenters. The summed E-state index contributed by atoms with van der Waals surface area (Å²) in [6.07, 6.45) is 7.69. The molecule has 0 amide bonds. The monoisotopic (exact) mass is 276 g/mol. The Morgan fingerprint density at radius 3 is 2.11 bits per heavy atom. The first-order chi connectivity index (χ1) is 9.35. The second kappa shape index (κ2) is 15.9. The molecule has 4 nitrogen and oxygen atoms in total. The lowest BCUT2D eigenvalue weighted by Crippen LogP contribution is -2.17. The van der Waals surface area contributed by atoms with Crippen LogP contribution in [0.5, 0.6) is 0 Å². The van der Waals surface area contributed by atoms with Crippen molar-refractivity contribution in [1.29, 1.82) is 0 Å². The third-order valence-corrected chi connectivity index (χ3v) is 2.93. The number of aliphatic hydroxyl groups is 1. The lowest BCUT2D eigenvalue weighted by atomic mass is 10.1. The van der Waals surface area contributed by atoms with Crippen molar-refractivity contribution in [2.75, 3.05) is 39.6 Å². The number of hydrogen-bond donors (Lipinski definition) is 1. The van der Waals surface area contributed by atoms with Gasteiger partial charge in [0.05, 0.1) is 45.7 Å². The van der Waals surface area contributed by atoms with Crippen LogP contribution in [0.25, 0.3) is 0 Å². The van der Waals surface area contributed by atoms with Gasteiger partial charge in [0.25, 0.3) is 0 Å². The van der Waals surface area contributed by atoms with Gasteiger partial charge >= 0.3 is 0 Å². The van der Waals surface area contributed by atoms with Gasteiger partial charge in [0.2, 0.25) is 0 Å². The molecule has 0 spiro atoms. The Labute approximate surface area is 118 Å². The maximum atomic E-state index is 8.52. The maximum absolute atomic E-state index is 8.52. The van der Waals surface area contributed by atoms with Gasteiger partial charge in [-0.3, -0.25) is 0 Å². The van der Waals surface area contributed by atoms with Crippen LogP contribution in [0, 0.1) is 0 Å². The van der Waals surface area contributed by atoms with Crippen molar-refractivity contribution in [2.45, 2.75) is 58.5 Å². The molecule has 0 fully saturated rings. The van der Waals surface area contributed by atoms with Gasteiger partial charge in [-0.1, -0.05) is 39.5 Å². The summed E-state index contributed by atoms with van der Waals surface area (Å²) >= 11 is 0. The minimum atomic E-state index is 0.0690. The number of hydrogen-bond acceptors (Lipinski definition) is 4. The lowest BCUT2D eigenvalue weighted by Gasteiger charge is -2.17. The summed E-state index contributed by atoms with van der Waals surface area (Å²) in [6.45, 7) is 7.27. The van der Waals surface area contributed by atoms with E-state index in [0.717, 1.165) is 6.42 Å². The number of ether oxygens (including phenoxy) is 3.